The van der Waals surface area contributed by atoms with E-state index in [0.29, 0.717) is 18.7 Å². The average Bonchev–Trinajstić information content (AvgIpc) is 2.71. The molecule has 0 unspecified atom stereocenters. The maximum atomic E-state index is 12.7. The van der Waals surface area contributed by atoms with Crippen molar-refractivity contribution in [2.24, 2.45) is 0 Å². The van der Waals surface area contributed by atoms with Crippen LogP contribution >= 0.6 is 0 Å². The van der Waals surface area contributed by atoms with Gasteiger partial charge in [0, 0.05) is 36.9 Å². The van der Waals surface area contributed by atoms with Crippen molar-refractivity contribution >= 4 is 17.5 Å². The van der Waals surface area contributed by atoms with E-state index >= 15 is 0 Å². The number of likely N-dealkylation sites (N-methyl/N-ethyl adjacent to an activating group) is 1. The minimum atomic E-state index is -0.0219. The molecule has 2 aromatic rings. The van der Waals surface area contributed by atoms with Crippen molar-refractivity contribution in [1.29, 1.82) is 0 Å². The lowest BCUT2D eigenvalue weighted by Crippen LogP contribution is -2.48. The van der Waals surface area contributed by atoms with E-state index in [2.05, 4.69) is 10.2 Å². The third-order valence-corrected chi connectivity index (χ3v) is 5.00. The monoisotopic (exact) mass is 365 g/mol. The molecular weight excluding hydrogens is 338 g/mol. The molecule has 0 aliphatic carbocycles. The molecule has 1 heterocycles. The summed E-state index contributed by atoms with van der Waals surface area (Å²) in [5.74, 6) is 0.0989. The molecule has 0 saturated carbocycles. The van der Waals surface area contributed by atoms with Gasteiger partial charge in [0.25, 0.3) is 5.91 Å². The zero-order chi connectivity index (χ0) is 19.1. The summed E-state index contributed by atoms with van der Waals surface area (Å²) >= 11 is 0. The number of amides is 2. The summed E-state index contributed by atoms with van der Waals surface area (Å²) in [4.78, 5) is 29.0. The van der Waals surface area contributed by atoms with E-state index in [0.717, 1.165) is 31.6 Å². The predicted molar refractivity (Wildman–Crippen MR) is 108 cm³/mol. The second-order valence-electron chi connectivity index (χ2n) is 6.86. The molecule has 5 nitrogen and oxygen atoms in total. The van der Waals surface area contributed by atoms with Gasteiger partial charge in [-0.05, 0) is 44.0 Å². The summed E-state index contributed by atoms with van der Waals surface area (Å²) in [6.45, 7) is 4.71. The Kier molecular flexibility index (Phi) is 6.60. The highest BCUT2D eigenvalue weighted by Crippen LogP contribution is 2.15. The van der Waals surface area contributed by atoms with Gasteiger partial charge in [0.15, 0.2) is 0 Å². The number of hydrogen-bond acceptors (Lipinski definition) is 3. The maximum Gasteiger partial charge on any atom is 0.251 e. The van der Waals surface area contributed by atoms with Crippen LogP contribution in [-0.2, 0) is 4.79 Å². The van der Waals surface area contributed by atoms with Crippen LogP contribution in [0.25, 0.3) is 0 Å². The first-order valence-electron chi connectivity index (χ1n) is 9.61. The third-order valence-electron chi connectivity index (χ3n) is 5.00. The standard InChI is InChI=1S/C22H27N3O2/c1-2-25(20-11-7-4-8-12-20)21(26)17-24-15-13-19(14-16-24)23-22(27)18-9-5-3-6-10-18/h3-12,19H,2,13-17H2,1H3,(H,23,27). The number of para-hydroxylation sites is 1. The molecule has 5 heteroatoms. The molecule has 0 spiro atoms. The van der Waals surface area contributed by atoms with Gasteiger partial charge in [-0.2, -0.15) is 0 Å². The summed E-state index contributed by atoms with van der Waals surface area (Å²) in [6, 6.07) is 19.2. The molecule has 0 aromatic heterocycles. The van der Waals surface area contributed by atoms with Crippen molar-refractivity contribution in [3.05, 3.63) is 66.2 Å². The highest BCUT2D eigenvalue weighted by molar-refractivity contribution is 5.95. The molecule has 27 heavy (non-hydrogen) atoms. The lowest BCUT2D eigenvalue weighted by Gasteiger charge is -2.33. The van der Waals surface area contributed by atoms with Crippen LogP contribution in [0.5, 0.6) is 0 Å². The van der Waals surface area contributed by atoms with Gasteiger partial charge in [0.05, 0.1) is 6.54 Å². The van der Waals surface area contributed by atoms with Crippen molar-refractivity contribution in [3.63, 3.8) is 0 Å². The van der Waals surface area contributed by atoms with Crippen molar-refractivity contribution in [2.75, 3.05) is 31.1 Å². The number of rotatable bonds is 6. The Balaban J connectivity index is 1.48. The van der Waals surface area contributed by atoms with Crippen LogP contribution in [0.2, 0.25) is 0 Å². The molecule has 1 aliphatic rings. The zero-order valence-electron chi connectivity index (χ0n) is 15.8. The first kappa shape index (κ1) is 19.1. The molecule has 1 saturated heterocycles. The van der Waals surface area contributed by atoms with Gasteiger partial charge in [-0.15, -0.1) is 0 Å². The van der Waals surface area contributed by atoms with Gasteiger partial charge < -0.3 is 10.2 Å². The molecule has 3 rings (SSSR count). The fourth-order valence-electron chi connectivity index (χ4n) is 3.48. The largest absolute Gasteiger partial charge is 0.349 e. The summed E-state index contributed by atoms with van der Waals surface area (Å²) in [6.07, 6.45) is 1.73. The van der Waals surface area contributed by atoms with Gasteiger partial charge in [-0.1, -0.05) is 36.4 Å². The van der Waals surface area contributed by atoms with Crippen LogP contribution in [0.3, 0.4) is 0 Å². The lowest BCUT2D eigenvalue weighted by molar-refractivity contribution is -0.120. The molecule has 1 N–H and O–H groups in total. The van der Waals surface area contributed by atoms with Gasteiger partial charge in [0.1, 0.15) is 0 Å². The first-order chi connectivity index (χ1) is 13.2. The number of nitrogens with zero attached hydrogens (tertiary/aromatic N) is 2. The number of likely N-dealkylation sites (tertiary alicyclic amines) is 1. The van der Waals surface area contributed by atoms with E-state index in [1.165, 1.54) is 0 Å². The summed E-state index contributed by atoms with van der Waals surface area (Å²) in [5.41, 5.74) is 1.63. The van der Waals surface area contributed by atoms with Crippen LogP contribution in [0.15, 0.2) is 60.7 Å². The minimum Gasteiger partial charge on any atom is -0.349 e. The number of carbonyl (C=O) groups excluding carboxylic acids is 2. The Labute approximate surface area is 161 Å². The predicted octanol–water partition coefficient (Wildman–Crippen LogP) is 2.93. The van der Waals surface area contributed by atoms with E-state index in [4.69, 9.17) is 0 Å². The maximum absolute atomic E-state index is 12.7. The molecule has 0 bridgehead atoms. The Bertz CT molecular complexity index is 741. The molecule has 0 atom stereocenters. The molecule has 2 aromatic carbocycles. The van der Waals surface area contributed by atoms with Crippen LogP contribution in [0, 0.1) is 0 Å². The van der Waals surface area contributed by atoms with E-state index in [1.54, 1.807) is 0 Å². The Morgan fingerprint density at radius 3 is 2.19 bits per heavy atom. The molecular formula is C22H27N3O2. The summed E-state index contributed by atoms with van der Waals surface area (Å²) in [5, 5.41) is 3.11. The van der Waals surface area contributed by atoms with Crippen molar-refractivity contribution in [2.45, 2.75) is 25.8 Å². The Morgan fingerprint density at radius 1 is 1.00 bits per heavy atom. The fraction of sp³-hybridized carbons (Fsp3) is 0.364. The van der Waals surface area contributed by atoms with Crippen LogP contribution in [-0.4, -0.2) is 48.9 Å². The molecule has 142 valence electrons. The zero-order valence-corrected chi connectivity index (χ0v) is 15.8. The number of benzene rings is 2. The summed E-state index contributed by atoms with van der Waals surface area (Å²) < 4.78 is 0. The Morgan fingerprint density at radius 2 is 1.59 bits per heavy atom. The van der Waals surface area contributed by atoms with E-state index in [9.17, 15) is 9.59 Å². The molecule has 1 fully saturated rings. The molecule has 0 radical (unpaired) electrons. The van der Waals surface area contributed by atoms with Crippen LogP contribution in [0.1, 0.15) is 30.1 Å². The molecule has 1 aliphatic heterocycles. The molecule has 2 amide bonds. The fourth-order valence-corrected chi connectivity index (χ4v) is 3.48. The number of carbonyl (C=O) groups is 2. The van der Waals surface area contributed by atoms with Crippen molar-refractivity contribution in [1.82, 2.24) is 10.2 Å². The van der Waals surface area contributed by atoms with E-state index in [-0.39, 0.29) is 17.9 Å². The van der Waals surface area contributed by atoms with Gasteiger partial charge in [0.2, 0.25) is 5.91 Å². The normalized spacial score (nSPS) is 15.3. The highest BCUT2D eigenvalue weighted by atomic mass is 16.2. The number of anilines is 1. The van der Waals surface area contributed by atoms with Gasteiger partial charge in [-0.3, -0.25) is 14.5 Å². The second kappa shape index (κ2) is 9.33. The van der Waals surface area contributed by atoms with Crippen molar-refractivity contribution in [3.8, 4) is 0 Å². The second-order valence-corrected chi connectivity index (χ2v) is 6.86. The Hall–Kier alpha value is -2.66. The average molecular weight is 365 g/mol. The highest BCUT2D eigenvalue weighted by Gasteiger charge is 2.24. The van der Waals surface area contributed by atoms with Crippen LogP contribution < -0.4 is 10.2 Å². The third kappa shape index (κ3) is 5.17. The van der Waals surface area contributed by atoms with E-state index < -0.39 is 0 Å². The van der Waals surface area contributed by atoms with Crippen LogP contribution in [0.4, 0.5) is 5.69 Å². The van der Waals surface area contributed by atoms with Crippen molar-refractivity contribution < 1.29 is 9.59 Å². The topological polar surface area (TPSA) is 52.7 Å². The first-order valence-corrected chi connectivity index (χ1v) is 9.61. The minimum absolute atomic E-state index is 0.0219. The van der Waals surface area contributed by atoms with E-state index in [1.807, 2.05) is 72.5 Å². The number of hydrogen-bond donors (Lipinski definition) is 1. The van der Waals surface area contributed by atoms with Gasteiger partial charge >= 0.3 is 0 Å². The summed E-state index contributed by atoms with van der Waals surface area (Å²) in [7, 11) is 0. The quantitative estimate of drug-likeness (QED) is 0.856. The van der Waals surface area contributed by atoms with Gasteiger partial charge in [-0.25, -0.2) is 0 Å². The number of piperidine rings is 1. The number of nitrogens with one attached hydrogen (secondary N) is 1. The smallest absolute Gasteiger partial charge is 0.251 e. The lowest BCUT2D eigenvalue weighted by atomic mass is 10.0. The SMILES string of the molecule is CCN(C(=O)CN1CCC(NC(=O)c2ccccc2)CC1)c1ccccc1.